The van der Waals surface area contributed by atoms with E-state index in [1.807, 2.05) is 7.05 Å². The molecule has 1 heterocycles. The second-order valence-corrected chi connectivity index (χ2v) is 5.55. The lowest BCUT2D eigenvalue weighted by atomic mass is 9.87. The van der Waals surface area contributed by atoms with Gasteiger partial charge in [0.2, 0.25) is 0 Å². The molecular weight excluding hydrogens is 267 g/mol. The van der Waals surface area contributed by atoms with Crippen molar-refractivity contribution in [1.29, 1.82) is 0 Å². The molecule has 0 aliphatic carbocycles. The Kier molecular flexibility index (Phi) is 2.56. The predicted molar refractivity (Wildman–Crippen MR) is 57.3 cm³/mol. The fourth-order valence-electron chi connectivity index (χ4n) is 1.27. The first-order valence-corrected chi connectivity index (χ1v) is 5.26. The van der Waals surface area contributed by atoms with Gasteiger partial charge in [-0.1, -0.05) is 43.4 Å². The molecule has 2 amide bonds. The zero-order valence-electron chi connectivity index (χ0n) is 7.89. The normalized spacial score (nSPS) is 30.8. The third-order valence-electron chi connectivity index (χ3n) is 2.18. The van der Waals surface area contributed by atoms with Crippen molar-refractivity contribution in [2.24, 2.45) is 5.41 Å². The number of amides is 2. The average Bonchev–Trinajstić information content (AvgIpc) is 2.15. The van der Waals surface area contributed by atoms with Crippen LogP contribution in [0.3, 0.4) is 0 Å². The molecule has 0 saturated carbocycles. The lowest BCUT2D eigenvalue weighted by molar-refractivity contribution is 0.225. The van der Waals surface area contributed by atoms with Gasteiger partial charge < -0.3 is 10.2 Å². The molecule has 0 radical (unpaired) electrons. The van der Waals surface area contributed by atoms with Crippen molar-refractivity contribution in [2.75, 3.05) is 7.05 Å². The Morgan fingerprint density at radius 1 is 1.50 bits per heavy atom. The van der Waals surface area contributed by atoms with E-state index in [-0.39, 0.29) is 21.5 Å². The zero-order valence-corrected chi connectivity index (χ0v) is 10.0. The van der Waals surface area contributed by atoms with Gasteiger partial charge in [-0.05, 0) is 5.41 Å². The molecule has 2 unspecified atom stereocenters. The molecule has 0 aromatic heterocycles. The lowest BCUT2D eigenvalue weighted by Gasteiger charge is -2.29. The number of urea groups is 1. The fraction of sp³-hybridized carbons (Fsp3) is 0.875. The molecular formula is C8H15IN2O. The monoisotopic (exact) mass is 282 g/mol. The van der Waals surface area contributed by atoms with Crippen LogP contribution in [0.4, 0.5) is 4.79 Å². The van der Waals surface area contributed by atoms with Gasteiger partial charge in [-0.3, -0.25) is 0 Å². The molecule has 1 saturated heterocycles. The highest BCUT2D eigenvalue weighted by atomic mass is 127. The van der Waals surface area contributed by atoms with Crippen molar-refractivity contribution in [2.45, 2.75) is 30.9 Å². The summed E-state index contributed by atoms with van der Waals surface area (Å²) in [7, 11) is 1.83. The summed E-state index contributed by atoms with van der Waals surface area (Å²) in [4.78, 5) is 13.0. The van der Waals surface area contributed by atoms with Gasteiger partial charge in [0.1, 0.15) is 4.05 Å². The van der Waals surface area contributed by atoms with Crippen LogP contribution in [-0.4, -0.2) is 28.1 Å². The summed E-state index contributed by atoms with van der Waals surface area (Å²) in [5, 5.41) is 2.97. The number of hydrogen-bond acceptors (Lipinski definition) is 1. The largest absolute Gasteiger partial charge is 0.332 e. The summed E-state index contributed by atoms with van der Waals surface area (Å²) >= 11 is 2.30. The van der Waals surface area contributed by atoms with Crippen molar-refractivity contribution < 1.29 is 4.79 Å². The highest BCUT2D eigenvalue weighted by molar-refractivity contribution is 14.1. The molecule has 1 N–H and O–H groups in total. The number of carbonyl (C=O) groups excluding carboxylic acids is 1. The maximum absolute atomic E-state index is 11.3. The van der Waals surface area contributed by atoms with Crippen LogP contribution in [0.5, 0.6) is 0 Å². The molecule has 1 aliphatic rings. The molecule has 0 spiro atoms. The van der Waals surface area contributed by atoms with E-state index in [2.05, 4.69) is 48.7 Å². The zero-order chi connectivity index (χ0) is 9.52. The standard InChI is InChI=1S/C8H15IN2O/c1-8(2,3)5-6(9)11(4)7(12)10-5/h5-6H,1-4H3,(H,10,12). The van der Waals surface area contributed by atoms with Gasteiger partial charge >= 0.3 is 6.03 Å². The van der Waals surface area contributed by atoms with Crippen molar-refractivity contribution in [3.63, 3.8) is 0 Å². The Hall–Kier alpha value is 0. The summed E-state index contributed by atoms with van der Waals surface area (Å²) in [5.41, 5.74) is 0.131. The summed E-state index contributed by atoms with van der Waals surface area (Å²) < 4.78 is 0.259. The maximum Gasteiger partial charge on any atom is 0.318 e. The summed E-state index contributed by atoms with van der Waals surface area (Å²) in [6, 6.07) is 0.282. The molecule has 1 aliphatic heterocycles. The molecule has 0 aromatic rings. The van der Waals surface area contributed by atoms with Gasteiger partial charge in [-0.25, -0.2) is 4.79 Å². The molecule has 1 rings (SSSR count). The summed E-state index contributed by atoms with van der Waals surface area (Å²) in [6.07, 6.45) is 0. The number of nitrogens with one attached hydrogen (secondary N) is 1. The number of carbonyl (C=O) groups is 1. The maximum atomic E-state index is 11.3. The van der Waals surface area contributed by atoms with Gasteiger partial charge in [-0.2, -0.15) is 0 Å². The minimum Gasteiger partial charge on any atom is -0.332 e. The SMILES string of the molecule is CN1C(=O)NC(C(C)(C)C)C1I. The molecule has 2 atom stereocenters. The van der Waals surface area contributed by atoms with Crippen LogP contribution >= 0.6 is 22.6 Å². The number of likely N-dealkylation sites (N-methyl/N-ethyl adjacent to an activating group) is 1. The fourth-order valence-corrected chi connectivity index (χ4v) is 2.78. The van der Waals surface area contributed by atoms with Crippen LogP contribution in [0.25, 0.3) is 0 Å². The lowest BCUT2D eigenvalue weighted by Crippen LogP contribution is -2.41. The van der Waals surface area contributed by atoms with Crippen LogP contribution in [-0.2, 0) is 0 Å². The Labute approximate surface area is 87.0 Å². The van der Waals surface area contributed by atoms with E-state index in [0.717, 1.165) is 0 Å². The Morgan fingerprint density at radius 2 is 2.00 bits per heavy atom. The highest BCUT2D eigenvalue weighted by Gasteiger charge is 2.41. The van der Waals surface area contributed by atoms with Crippen molar-refractivity contribution in [1.82, 2.24) is 10.2 Å². The van der Waals surface area contributed by atoms with Crippen LogP contribution in [0.2, 0.25) is 0 Å². The number of alkyl halides is 1. The number of halogens is 1. The van der Waals surface area contributed by atoms with E-state index in [4.69, 9.17) is 0 Å². The van der Waals surface area contributed by atoms with Gasteiger partial charge in [0, 0.05) is 7.05 Å². The smallest absolute Gasteiger partial charge is 0.318 e. The molecule has 3 nitrogen and oxygen atoms in total. The van der Waals surface area contributed by atoms with Gasteiger partial charge in [0.25, 0.3) is 0 Å². The van der Waals surface area contributed by atoms with E-state index >= 15 is 0 Å². The molecule has 0 aromatic carbocycles. The number of hydrogen-bond donors (Lipinski definition) is 1. The molecule has 70 valence electrons. The number of rotatable bonds is 0. The topological polar surface area (TPSA) is 32.3 Å². The van der Waals surface area contributed by atoms with Crippen molar-refractivity contribution >= 4 is 28.6 Å². The molecule has 4 heteroatoms. The highest BCUT2D eigenvalue weighted by Crippen LogP contribution is 2.31. The predicted octanol–water partition coefficient (Wildman–Crippen LogP) is 1.82. The Bertz CT molecular complexity index is 200. The second-order valence-electron chi connectivity index (χ2n) is 4.28. The van der Waals surface area contributed by atoms with E-state index < -0.39 is 0 Å². The van der Waals surface area contributed by atoms with Crippen LogP contribution in [0, 0.1) is 5.41 Å². The quantitative estimate of drug-likeness (QED) is 0.410. The number of nitrogens with zero attached hydrogens (tertiary/aromatic N) is 1. The first-order valence-electron chi connectivity index (χ1n) is 4.01. The van der Waals surface area contributed by atoms with Crippen molar-refractivity contribution in [3.05, 3.63) is 0 Å². The van der Waals surface area contributed by atoms with Gasteiger partial charge in [-0.15, -0.1) is 0 Å². The van der Waals surface area contributed by atoms with Crippen molar-refractivity contribution in [3.8, 4) is 0 Å². The average molecular weight is 282 g/mol. The summed E-state index contributed by atoms with van der Waals surface area (Å²) in [5.74, 6) is 0. The van der Waals surface area contributed by atoms with E-state index in [0.29, 0.717) is 0 Å². The minimum atomic E-state index is 0.0364. The van der Waals surface area contributed by atoms with E-state index in [9.17, 15) is 4.79 Å². The molecule has 1 fully saturated rings. The van der Waals surface area contributed by atoms with Crippen LogP contribution in [0.1, 0.15) is 20.8 Å². The van der Waals surface area contributed by atoms with E-state index in [1.165, 1.54) is 0 Å². The van der Waals surface area contributed by atoms with E-state index in [1.54, 1.807) is 4.90 Å². The minimum absolute atomic E-state index is 0.0364. The second kappa shape index (κ2) is 3.05. The van der Waals surface area contributed by atoms with Crippen LogP contribution in [0.15, 0.2) is 0 Å². The third kappa shape index (κ3) is 1.67. The molecule has 0 bridgehead atoms. The van der Waals surface area contributed by atoms with Crippen LogP contribution < -0.4 is 5.32 Å². The summed E-state index contributed by atoms with van der Waals surface area (Å²) in [6.45, 7) is 6.42. The molecule has 12 heavy (non-hydrogen) atoms. The van der Waals surface area contributed by atoms with Gasteiger partial charge in [0.15, 0.2) is 0 Å². The Balaban J connectivity index is 2.78. The Morgan fingerprint density at radius 3 is 2.17 bits per heavy atom. The first-order chi connectivity index (χ1) is 5.34. The van der Waals surface area contributed by atoms with Gasteiger partial charge in [0.05, 0.1) is 6.04 Å². The third-order valence-corrected chi connectivity index (χ3v) is 3.73. The first kappa shape index (κ1) is 10.1.